The van der Waals surface area contributed by atoms with E-state index in [1.165, 1.54) is 0 Å². The van der Waals surface area contributed by atoms with Gasteiger partial charge in [0.25, 0.3) is 0 Å². The van der Waals surface area contributed by atoms with E-state index < -0.39 is 28.2 Å². The molecule has 0 heterocycles. The van der Waals surface area contributed by atoms with Gasteiger partial charge in [-0.15, -0.1) is 133 Å². The van der Waals surface area contributed by atoms with E-state index >= 15 is 0 Å². The van der Waals surface area contributed by atoms with Gasteiger partial charge < -0.3 is 0 Å². The van der Waals surface area contributed by atoms with Crippen LogP contribution in [0.3, 0.4) is 0 Å². The Kier molecular flexibility index (Phi) is 8.36. The molecule has 0 aromatic carbocycles. The maximum absolute atomic E-state index is 5.99. The highest BCUT2D eigenvalue weighted by atomic mass is 35.9. The quantitative estimate of drug-likeness (QED) is 0.275. The maximum atomic E-state index is 5.99. The predicted octanol–water partition coefficient (Wildman–Crippen LogP) is 6.37. The van der Waals surface area contributed by atoms with Crippen LogP contribution in [0.5, 0.6) is 0 Å². The largest absolute Gasteiger partial charge is 0.330 e. The van der Waals surface area contributed by atoms with Crippen LogP contribution in [0.25, 0.3) is 0 Å². The Hall–Kier alpha value is 4.56. The Morgan fingerprint density at radius 2 is 0.412 bits per heavy atom. The van der Waals surface area contributed by atoms with Crippen molar-refractivity contribution in [3.05, 3.63) is 0 Å². The lowest BCUT2D eigenvalue weighted by Gasteiger charge is -2.45. The number of hydrogen-bond acceptors (Lipinski definition) is 0. The molecule has 0 unspecified atom stereocenters. The predicted molar refractivity (Wildman–Crippen MR) is 99.0 cm³/mol. The summed E-state index contributed by atoms with van der Waals surface area (Å²) in [6.45, 7) is 0. The van der Waals surface area contributed by atoms with Crippen LogP contribution < -0.4 is 0 Å². The minimum absolute atomic E-state index is 3.79. The standard InChI is InChI=1S/Cl12Si5/c1-13(2,3)17(14(4,5)6,15(7,8)9)16(10,11)12. The summed E-state index contributed by atoms with van der Waals surface area (Å²) < 4.78 is 0. The van der Waals surface area contributed by atoms with E-state index in [9.17, 15) is 0 Å². The molecule has 0 N–H and O–H groups in total. The summed E-state index contributed by atoms with van der Waals surface area (Å²) in [7, 11) is 0. The first-order valence-corrected chi connectivity index (χ1v) is 29.4. The van der Waals surface area contributed by atoms with Gasteiger partial charge in [0, 0.05) is 0 Å². The molecular weight excluding hydrogens is 566 g/mol. The third-order valence-corrected chi connectivity index (χ3v) is 138. The Labute approximate surface area is 159 Å². The van der Waals surface area contributed by atoms with Crippen molar-refractivity contribution in [1.82, 2.24) is 0 Å². The van der Waals surface area contributed by atoms with Crippen LogP contribution in [0.2, 0.25) is 0 Å². The van der Waals surface area contributed by atoms with E-state index in [2.05, 4.69) is 0 Å². The number of hydrogen-bond donors (Lipinski definition) is 0. The third kappa shape index (κ3) is 4.31. The molecule has 17 heavy (non-hydrogen) atoms. The van der Waals surface area contributed by atoms with Crippen molar-refractivity contribution in [1.29, 1.82) is 0 Å². The first kappa shape index (κ1) is 21.6. The molecule has 0 aliphatic rings. The van der Waals surface area contributed by atoms with Crippen molar-refractivity contribution in [2.75, 3.05) is 0 Å². The molecule has 17 heteroatoms. The lowest BCUT2D eigenvalue weighted by molar-refractivity contribution is 3.13. The molecule has 0 aliphatic heterocycles. The summed E-state index contributed by atoms with van der Waals surface area (Å²) >= 11 is 71.8. The van der Waals surface area contributed by atoms with Gasteiger partial charge in [-0.2, -0.15) is 0 Å². The fourth-order valence-corrected chi connectivity index (χ4v) is 234. The molecule has 0 rings (SSSR count). The Bertz CT molecular complexity index is 208. The molecule has 0 amide bonds. The molecule has 0 saturated heterocycles. The minimum Gasteiger partial charge on any atom is -0.130 e. The molecule has 0 nitrogen and oxygen atoms in total. The lowest BCUT2D eigenvalue weighted by atomic mass is 25.9. The van der Waals surface area contributed by atoms with Crippen LogP contribution in [-0.2, 0) is 0 Å². The molecule has 0 aromatic rings. The first-order chi connectivity index (χ1) is 7.00. The summed E-state index contributed by atoms with van der Waals surface area (Å²) in [5.74, 6) is 0. The molecule has 0 radical (unpaired) electrons. The zero-order valence-electron chi connectivity index (χ0n) is 7.04. The van der Waals surface area contributed by atoms with E-state index in [1.54, 1.807) is 0 Å². The van der Waals surface area contributed by atoms with Crippen LogP contribution in [0.1, 0.15) is 0 Å². The molecule has 0 bridgehead atoms. The van der Waals surface area contributed by atoms with Gasteiger partial charge in [0.2, 0.25) is 6.14 Å². The van der Waals surface area contributed by atoms with Gasteiger partial charge in [0.15, 0.2) is 0 Å². The van der Waals surface area contributed by atoms with Crippen LogP contribution >= 0.6 is 133 Å². The minimum atomic E-state index is -3.86. The van der Waals surface area contributed by atoms with E-state index in [1.807, 2.05) is 0 Å². The van der Waals surface area contributed by atoms with Crippen molar-refractivity contribution < 1.29 is 0 Å². The van der Waals surface area contributed by atoms with E-state index in [-0.39, 0.29) is 0 Å². The number of halogens is 12. The Balaban J connectivity index is 6.37. The van der Waals surface area contributed by atoms with E-state index in [0.29, 0.717) is 0 Å². The summed E-state index contributed by atoms with van der Waals surface area (Å²) in [5.41, 5.74) is -15.2. The van der Waals surface area contributed by atoms with Crippen LogP contribution in [0.4, 0.5) is 0 Å². The summed E-state index contributed by atoms with van der Waals surface area (Å²) in [6.07, 6.45) is -3.86. The van der Waals surface area contributed by atoms with Gasteiger partial charge in [-0.05, 0) is 0 Å². The normalized spacial score (nSPS) is 16.2. The third-order valence-electron chi connectivity index (χ3n) is 1.70. The molecule has 0 aliphatic carbocycles. The van der Waals surface area contributed by atoms with E-state index in [4.69, 9.17) is 133 Å². The lowest BCUT2D eigenvalue weighted by Crippen LogP contribution is -2.85. The SMILES string of the molecule is Cl[Si](Cl)(Cl)[Si]([Si](Cl)(Cl)Cl)([Si](Cl)(Cl)Cl)[Si](Cl)(Cl)Cl. The first-order valence-electron chi connectivity index (χ1n) is 3.27. The van der Waals surface area contributed by atoms with E-state index in [0.717, 1.165) is 0 Å². The molecular formula is Cl12Si5. The topological polar surface area (TPSA) is 0 Å². The molecule has 0 fully saturated rings. The highest BCUT2D eigenvalue weighted by molar-refractivity contribution is 8.43. The second kappa shape index (κ2) is 6.59. The van der Waals surface area contributed by atoms with Crippen LogP contribution in [0, 0.1) is 0 Å². The van der Waals surface area contributed by atoms with Crippen molar-refractivity contribution >= 4 is 161 Å². The van der Waals surface area contributed by atoms with Crippen molar-refractivity contribution in [2.45, 2.75) is 0 Å². The molecule has 0 saturated carbocycles. The summed E-state index contributed by atoms with van der Waals surface area (Å²) in [5, 5.41) is 0. The highest BCUT2D eigenvalue weighted by Crippen LogP contribution is 2.58. The van der Waals surface area contributed by atoms with Crippen LogP contribution in [0.15, 0.2) is 0 Å². The number of rotatable bonds is 4. The van der Waals surface area contributed by atoms with Crippen molar-refractivity contribution in [3.63, 3.8) is 0 Å². The van der Waals surface area contributed by atoms with Crippen LogP contribution in [-0.4, -0.2) is 28.2 Å². The second-order valence-electron chi connectivity index (χ2n) is 2.74. The van der Waals surface area contributed by atoms with Gasteiger partial charge >= 0.3 is 22.1 Å². The average Bonchev–Trinajstić information content (AvgIpc) is 1.67. The Morgan fingerprint density at radius 3 is 0.412 bits per heavy atom. The van der Waals surface area contributed by atoms with Gasteiger partial charge in [-0.3, -0.25) is 0 Å². The average molecular weight is 566 g/mol. The second-order valence-corrected chi connectivity index (χ2v) is 74.0. The van der Waals surface area contributed by atoms with Crippen molar-refractivity contribution in [2.24, 2.45) is 0 Å². The Morgan fingerprint density at radius 1 is 0.294 bits per heavy atom. The molecule has 0 atom stereocenters. The molecule has 0 spiro atoms. The van der Waals surface area contributed by atoms with Gasteiger partial charge in [-0.1, -0.05) is 0 Å². The summed E-state index contributed by atoms with van der Waals surface area (Å²) in [4.78, 5) is 0. The van der Waals surface area contributed by atoms with Gasteiger partial charge in [-0.25, -0.2) is 0 Å². The summed E-state index contributed by atoms with van der Waals surface area (Å²) in [6, 6.07) is 0. The van der Waals surface area contributed by atoms with Gasteiger partial charge in [0.1, 0.15) is 0 Å². The van der Waals surface area contributed by atoms with Crippen molar-refractivity contribution in [3.8, 4) is 0 Å². The molecule has 0 aromatic heterocycles. The monoisotopic (exact) mass is 560 g/mol. The van der Waals surface area contributed by atoms with Gasteiger partial charge in [0.05, 0.1) is 0 Å². The zero-order chi connectivity index (χ0) is 14.5. The molecule has 104 valence electrons. The maximum Gasteiger partial charge on any atom is 0.330 e. The smallest absolute Gasteiger partial charge is 0.130 e. The zero-order valence-corrected chi connectivity index (χ0v) is 21.1. The highest BCUT2D eigenvalue weighted by Gasteiger charge is 2.87. The fraction of sp³-hybridized carbons (Fsp3) is 0. The fourth-order valence-electron chi connectivity index (χ4n) is 0.964.